The van der Waals surface area contributed by atoms with E-state index >= 15 is 0 Å². The summed E-state index contributed by atoms with van der Waals surface area (Å²) in [5, 5.41) is 0. The molecule has 0 aliphatic carbocycles. The van der Waals surface area contributed by atoms with Crippen molar-refractivity contribution in [2.24, 2.45) is 0 Å². The molecule has 1 unspecified atom stereocenters. The Hall–Kier alpha value is -2.44. The monoisotopic (exact) mass is 517 g/mol. The summed E-state index contributed by atoms with van der Waals surface area (Å²) < 4.78 is 66.0. The third kappa shape index (κ3) is 5.76. The molecule has 0 bridgehead atoms. The highest BCUT2D eigenvalue weighted by Crippen LogP contribution is 2.71. The van der Waals surface area contributed by atoms with Crippen LogP contribution < -0.4 is 0 Å². The lowest BCUT2D eigenvalue weighted by Gasteiger charge is -2.25. The molecule has 0 spiro atoms. The highest BCUT2D eigenvalue weighted by atomic mass is 31.2. The molecular weight excluding hydrogens is 486 g/mol. The van der Waals surface area contributed by atoms with Gasteiger partial charge in [0, 0.05) is 0 Å². The molecule has 1 heterocycles. The zero-order valence-electron chi connectivity index (χ0n) is 20.7. The molecule has 1 aliphatic rings. The number of alkyl halides is 3. The van der Waals surface area contributed by atoms with Gasteiger partial charge in [-0.15, -0.1) is 0 Å². The largest absolute Gasteiger partial charge is 0.416 e. The van der Waals surface area contributed by atoms with Crippen molar-refractivity contribution in [2.45, 2.75) is 63.9 Å². The molecule has 4 nitrogen and oxygen atoms in total. The molecule has 8 heteroatoms. The predicted octanol–water partition coefficient (Wildman–Crippen LogP) is 8.22. The number of nitrogens with zero attached hydrogens (tertiary/aromatic N) is 1. The quantitative estimate of drug-likeness (QED) is 0.212. The second-order valence-corrected chi connectivity index (χ2v) is 11.5. The van der Waals surface area contributed by atoms with Crippen molar-refractivity contribution in [2.75, 3.05) is 0 Å². The van der Waals surface area contributed by atoms with E-state index in [9.17, 15) is 17.7 Å². The van der Waals surface area contributed by atoms with Gasteiger partial charge < -0.3 is 9.05 Å². The van der Waals surface area contributed by atoms with Crippen LogP contribution in [-0.2, 0) is 19.8 Å². The van der Waals surface area contributed by atoms with Gasteiger partial charge in [0.1, 0.15) is 5.78 Å². The molecule has 0 aromatic heterocycles. The molecule has 0 radical (unpaired) electrons. The van der Waals surface area contributed by atoms with Crippen molar-refractivity contribution >= 4 is 7.60 Å². The number of hydrogen-bond acceptors (Lipinski definition) is 4. The molecular formula is C28H31F3NO3P. The van der Waals surface area contributed by atoms with Gasteiger partial charge in [-0.25, -0.2) is 0 Å². The molecule has 1 fully saturated rings. The Balaban J connectivity index is 1.84. The van der Waals surface area contributed by atoms with Crippen LogP contribution >= 0.6 is 7.60 Å². The highest BCUT2D eigenvalue weighted by molar-refractivity contribution is 7.55. The van der Waals surface area contributed by atoms with E-state index in [-0.39, 0.29) is 18.2 Å². The fraction of sp³-hybridized carbons (Fsp3) is 0.357. The van der Waals surface area contributed by atoms with Gasteiger partial charge >= 0.3 is 13.8 Å². The van der Waals surface area contributed by atoms with Crippen molar-refractivity contribution < 1.29 is 26.8 Å². The lowest BCUT2D eigenvalue weighted by Crippen LogP contribution is -2.18. The van der Waals surface area contributed by atoms with Gasteiger partial charge in [-0.05, 0) is 56.5 Å². The van der Waals surface area contributed by atoms with Gasteiger partial charge in [0.25, 0.3) is 0 Å². The Labute approximate surface area is 210 Å². The summed E-state index contributed by atoms with van der Waals surface area (Å²) in [6.45, 7) is 7.17. The molecule has 3 atom stereocenters. The fourth-order valence-corrected chi connectivity index (χ4v) is 7.32. The average Bonchev–Trinajstić information content (AvgIpc) is 3.55. The average molecular weight is 518 g/mol. The second kappa shape index (κ2) is 10.5. The van der Waals surface area contributed by atoms with Crippen LogP contribution in [-0.4, -0.2) is 22.9 Å². The van der Waals surface area contributed by atoms with Crippen molar-refractivity contribution in [3.63, 3.8) is 0 Å². The minimum absolute atomic E-state index is 0.301. The van der Waals surface area contributed by atoms with Crippen molar-refractivity contribution in [3.8, 4) is 0 Å². The lowest BCUT2D eigenvalue weighted by atomic mass is 9.98. The number of benzene rings is 3. The summed E-state index contributed by atoms with van der Waals surface area (Å²) >= 11 is 0. The zero-order chi connectivity index (χ0) is 26.1. The molecule has 0 saturated carbocycles. The van der Waals surface area contributed by atoms with Crippen molar-refractivity contribution in [1.29, 1.82) is 0 Å². The molecule has 3 aromatic rings. The minimum Gasteiger partial charge on any atom is -0.305 e. The van der Waals surface area contributed by atoms with Crippen LogP contribution in [0.15, 0.2) is 84.9 Å². The minimum atomic E-state index is -4.44. The van der Waals surface area contributed by atoms with E-state index in [0.29, 0.717) is 5.56 Å². The number of hydrogen-bond donors (Lipinski definition) is 0. The van der Waals surface area contributed by atoms with Crippen LogP contribution in [0.5, 0.6) is 0 Å². The summed E-state index contributed by atoms with van der Waals surface area (Å²) in [5.74, 6) is -0.663. The number of halogens is 3. The molecule has 0 amide bonds. The first-order valence-electron chi connectivity index (χ1n) is 12.0. The molecule has 1 aliphatic heterocycles. The van der Waals surface area contributed by atoms with Crippen LogP contribution in [0.2, 0.25) is 0 Å². The summed E-state index contributed by atoms with van der Waals surface area (Å²) in [4.78, 5) is 2.04. The maximum Gasteiger partial charge on any atom is 0.416 e. The van der Waals surface area contributed by atoms with E-state index in [2.05, 4.69) is 0 Å². The van der Waals surface area contributed by atoms with Gasteiger partial charge in [0.05, 0.1) is 29.9 Å². The standard InChI is InChI=1S/C28H31F3NO3P/c1-19(2)34-36(33,35-20(3)4)27-26(23-15-17-24(18-16-23)28(29,30)31)32(27)25(21-11-7-5-8-12-21)22-13-9-6-10-14-22/h5-20,25-27H,1-4H3/t26-,27+,32?/m1/s1. The molecule has 192 valence electrons. The summed E-state index contributed by atoms with van der Waals surface area (Å²) in [5.41, 5.74) is 1.86. The highest BCUT2D eigenvalue weighted by Gasteiger charge is 2.64. The lowest BCUT2D eigenvalue weighted by molar-refractivity contribution is -0.137. The Bertz CT molecular complexity index is 1130. The summed E-state index contributed by atoms with van der Waals surface area (Å²) in [6.07, 6.45) is -5.16. The van der Waals surface area contributed by atoms with E-state index in [1.54, 1.807) is 27.7 Å². The topological polar surface area (TPSA) is 38.5 Å². The van der Waals surface area contributed by atoms with Gasteiger partial charge in [0.15, 0.2) is 0 Å². The van der Waals surface area contributed by atoms with Crippen molar-refractivity contribution in [1.82, 2.24) is 4.90 Å². The van der Waals surface area contributed by atoms with E-state index in [0.717, 1.165) is 23.3 Å². The van der Waals surface area contributed by atoms with Crippen LogP contribution in [0.3, 0.4) is 0 Å². The molecule has 3 aromatic carbocycles. The van der Waals surface area contributed by atoms with Crippen LogP contribution in [0.25, 0.3) is 0 Å². The smallest absolute Gasteiger partial charge is 0.305 e. The van der Waals surface area contributed by atoms with Gasteiger partial charge in [-0.3, -0.25) is 9.46 Å². The number of rotatable bonds is 9. The third-order valence-corrected chi connectivity index (χ3v) is 8.60. The Morgan fingerprint density at radius 3 is 1.58 bits per heavy atom. The van der Waals surface area contributed by atoms with E-state index in [4.69, 9.17) is 9.05 Å². The normalized spacial score (nSPS) is 20.3. The van der Waals surface area contributed by atoms with Crippen molar-refractivity contribution in [3.05, 3.63) is 107 Å². The Kier molecular flexibility index (Phi) is 7.77. The fourth-order valence-electron chi connectivity index (χ4n) is 4.64. The van der Waals surface area contributed by atoms with Gasteiger partial charge in [0.2, 0.25) is 0 Å². The predicted molar refractivity (Wildman–Crippen MR) is 135 cm³/mol. The van der Waals surface area contributed by atoms with E-state index < -0.39 is 31.2 Å². The van der Waals surface area contributed by atoms with Crippen LogP contribution in [0.4, 0.5) is 13.2 Å². The maximum atomic E-state index is 14.3. The summed E-state index contributed by atoms with van der Waals surface area (Å²) in [6, 6.07) is 23.9. The van der Waals surface area contributed by atoms with Gasteiger partial charge in [-0.2, -0.15) is 13.2 Å². The third-order valence-electron chi connectivity index (χ3n) is 5.97. The Morgan fingerprint density at radius 1 is 0.750 bits per heavy atom. The van der Waals surface area contributed by atoms with Crippen LogP contribution in [0, 0.1) is 0 Å². The summed E-state index contributed by atoms with van der Waals surface area (Å²) in [7, 11) is -3.71. The van der Waals surface area contributed by atoms with Gasteiger partial charge in [-0.1, -0.05) is 72.8 Å². The maximum absolute atomic E-state index is 14.3. The first-order valence-corrected chi connectivity index (χ1v) is 13.6. The first-order chi connectivity index (χ1) is 17.0. The first kappa shape index (κ1) is 26.6. The van der Waals surface area contributed by atoms with E-state index in [1.165, 1.54) is 12.1 Å². The molecule has 0 N–H and O–H groups in total. The molecule has 36 heavy (non-hydrogen) atoms. The second-order valence-electron chi connectivity index (χ2n) is 9.50. The molecule has 1 saturated heterocycles. The van der Waals surface area contributed by atoms with Crippen LogP contribution in [0.1, 0.15) is 62.0 Å². The molecule has 4 rings (SSSR count). The van der Waals surface area contributed by atoms with E-state index in [1.807, 2.05) is 65.6 Å². The Morgan fingerprint density at radius 2 is 1.19 bits per heavy atom. The zero-order valence-corrected chi connectivity index (χ0v) is 21.6. The SMILES string of the molecule is CC(C)OP(=O)(OC(C)C)[C@H]1[C@@H](c2ccc(C(F)(F)F)cc2)N1C(c1ccccc1)c1ccccc1.